The van der Waals surface area contributed by atoms with E-state index in [-0.39, 0.29) is 59.8 Å². The minimum absolute atomic E-state index is 0. The van der Waals surface area contributed by atoms with Crippen molar-refractivity contribution in [1.29, 1.82) is 0 Å². The molecule has 5 heterocycles. The fraction of sp³-hybridized carbons (Fsp3) is 0.583. The van der Waals surface area contributed by atoms with Crippen molar-refractivity contribution in [3.8, 4) is 0 Å². The van der Waals surface area contributed by atoms with E-state index in [1.807, 2.05) is 19.1 Å². The summed E-state index contributed by atoms with van der Waals surface area (Å²) in [6, 6.07) is -0.521. The molecule has 0 aromatic carbocycles. The normalized spacial score (nSPS) is 26.4. The van der Waals surface area contributed by atoms with Crippen LogP contribution in [-0.4, -0.2) is 59.9 Å². The van der Waals surface area contributed by atoms with Gasteiger partial charge in [0.2, 0.25) is 0 Å². The summed E-state index contributed by atoms with van der Waals surface area (Å²) < 4.78 is 11.1. The third-order valence-electron chi connectivity index (χ3n) is 13.3. The number of aliphatic hydroxyl groups excluding tert-OH is 1. The number of nitrogens with zero attached hydrogens (tertiary/aromatic N) is 4. The number of esters is 2. The van der Waals surface area contributed by atoms with Crippen LogP contribution in [0.5, 0.6) is 0 Å². The van der Waals surface area contributed by atoms with Gasteiger partial charge in [-0.1, -0.05) is 118 Å². The van der Waals surface area contributed by atoms with Crippen molar-refractivity contribution in [1.82, 2.24) is 9.97 Å². The van der Waals surface area contributed by atoms with Crippen molar-refractivity contribution >= 4 is 52.7 Å². The first-order valence-electron chi connectivity index (χ1n) is 21.5. The number of rotatable bonds is 15. The Morgan fingerprint density at radius 3 is 2.40 bits per heavy atom. The SMILES string of the molecule is CCCC[C@H](C)CCC/C(C)=C\COC(=O)CC[C@@H]1C2[N-]/C(=C\C3=C(C)[C@@H](CC)/C(=C/c4[n-]c(c(CC)c4C)/C=c4\[n-]c5c(c4C)[C@H](O)[C@H](C(=O)OC)C=52)[N-]3)[C@H]1C.[Mg+2]. The molecule has 1 unspecified atom stereocenters. The van der Waals surface area contributed by atoms with E-state index in [0.29, 0.717) is 28.3 Å². The first kappa shape index (κ1) is 45.6. The van der Waals surface area contributed by atoms with Crippen LogP contribution >= 0.6 is 0 Å². The number of unbranched alkanes of at least 4 members (excludes halogenated alkanes) is 1. The molecule has 0 saturated carbocycles. The molecule has 10 heteroatoms. The maximum atomic E-state index is 13.6. The van der Waals surface area contributed by atoms with Crippen LogP contribution in [0.25, 0.3) is 28.4 Å². The van der Waals surface area contributed by atoms with Gasteiger partial charge in [-0.3, -0.25) is 9.59 Å². The molecule has 7 atom stereocenters. The number of carbonyl (C=O) groups is 2. The van der Waals surface area contributed by atoms with Crippen LogP contribution in [0, 0.1) is 43.4 Å². The van der Waals surface area contributed by atoms with Gasteiger partial charge in [0.15, 0.2) is 0 Å². The number of methoxy groups -OCH3 is 1. The molecule has 3 aliphatic heterocycles. The van der Waals surface area contributed by atoms with Gasteiger partial charge in [0.25, 0.3) is 0 Å². The van der Waals surface area contributed by atoms with Crippen molar-refractivity contribution in [2.24, 2.45) is 29.6 Å². The molecule has 1 aliphatic carbocycles. The Morgan fingerprint density at radius 2 is 1.71 bits per heavy atom. The van der Waals surface area contributed by atoms with Gasteiger partial charge in [0, 0.05) is 6.42 Å². The van der Waals surface area contributed by atoms with Gasteiger partial charge in [-0.25, -0.2) is 0 Å². The first-order valence-corrected chi connectivity index (χ1v) is 21.5. The summed E-state index contributed by atoms with van der Waals surface area (Å²) in [6.45, 7) is 19.6. The van der Waals surface area contributed by atoms with E-state index in [2.05, 4.69) is 67.5 Å². The van der Waals surface area contributed by atoms with Crippen molar-refractivity contribution in [3.63, 3.8) is 0 Å². The molecule has 0 spiro atoms. The van der Waals surface area contributed by atoms with Gasteiger partial charge >= 0.3 is 35.0 Å². The molecule has 58 heavy (non-hydrogen) atoms. The average Bonchev–Trinajstić information content (AvgIpc) is 3.93. The summed E-state index contributed by atoms with van der Waals surface area (Å²) >= 11 is 0. The number of hydrogen-bond acceptors (Lipinski definition) is 5. The number of aliphatic hydroxyl groups is 1. The number of carbonyl (C=O) groups excluding carboxylic acids is 2. The number of hydrogen-bond donors (Lipinski definition) is 1. The Balaban J connectivity index is 0.00000641. The third-order valence-corrected chi connectivity index (χ3v) is 13.3. The standard InChI is InChI=1S/C48H64N4O5.Mg/c1-11-14-16-26(4)17-15-18-27(5)21-22-57-41(53)20-19-34-30(8)37-23-35-28(6)32(12-2)39(49-35)24-36-29(7)33(13-3)40(50-36)25-38-31(9)42-46(52-38)43(45(34)51-37)44(47(42)54)48(55)56-10;/h21,23-26,30,32,34,44-45,47,54H,11-20,22H2,1-10H3;/q-4;+2/b27-21-,37-23-,38-25-,39-24-;/t26-,30-,32+,34-,44+,45?,47-;/m0./s1. The summed E-state index contributed by atoms with van der Waals surface area (Å²) in [5.41, 5.74) is 11.3. The van der Waals surface area contributed by atoms with E-state index in [1.54, 1.807) is 0 Å². The Bertz CT molecular complexity index is 2100. The van der Waals surface area contributed by atoms with Gasteiger partial charge in [0.1, 0.15) is 12.5 Å². The monoisotopic (exact) mass is 800 g/mol. The molecule has 4 aliphatic rings. The Labute approximate surface area is 362 Å². The number of aromatic nitrogens is 2. The summed E-state index contributed by atoms with van der Waals surface area (Å²) in [5, 5.41) is 23.8. The van der Waals surface area contributed by atoms with Gasteiger partial charge in [-0.2, -0.15) is 11.4 Å². The van der Waals surface area contributed by atoms with Crippen LogP contribution in [0.4, 0.5) is 0 Å². The van der Waals surface area contributed by atoms with Crippen molar-refractivity contribution in [3.05, 3.63) is 95.4 Å². The maximum absolute atomic E-state index is 13.6. The van der Waals surface area contributed by atoms with Crippen LogP contribution < -0.4 is 20.7 Å². The Morgan fingerprint density at radius 1 is 0.966 bits per heavy atom. The van der Waals surface area contributed by atoms with Crippen molar-refractivity contribution in [2.45, 2.75) is 139 Å². The molecule has 8 bridgehead atoms. The van der Waals surface area contributed by atoms with E-state index in [4.69, 9.17) is 30.1 Å². The fourth-order valence-corrected chi connectivity index (χ4v) is 9.64. The maximum Gasteiger partial charge on any atom is 2.00 e. The van der Waals surface area contributed by atoms with Gasteiger partial charge in [-0.15, -0.1) is 27.8 Å². The molecule has 2 aromatic rings. The van der Waals surface area contributed by atoms with E-state index in [1.165, 1.54) is 43.9 Å². The fourth-order valence-electron chi connectivity index (χ4n) is 9.64. The molecule has 1 N–H and O–H groups in total. The second kappa shape index (κ2) is 19.7. The van der Waals surface area contributed by atoms with Crippen LogP contribution in [0.1, 0.15) is 146 Å². The molecule has 310 valence electrons. The van der Waals surface area contributed by atoms with Crippen LogP contribution in [0.15, 0.2) is 40.4 Å². The van der Waals surface area contributed by atoms with E-state index in [9.17, 15) is 14.7 Å². The minimum Gasteiger partial charge on any atom is -0.681 e. The Kier molecular flexibility index (Phi) is 15.5. The number of fused-ring (bicyclic) bond motifs is 8. The van der Waals surface area contributed by atoms with E-state index in [0.717, 1.165) is 76.8 Å². The zero-order valence-corrected chi connectivity index (χ0v) is 38.1. The van der Waals surface area contributed by atoms with Gasteiger partial charge in [0.05, 0.1) is 13.2 Å². The second-order valence-corrected chi connectivity index (χ2v) is 17.0. The third kappa shape index (κ3) is 9.14. The van der Waals surface area contributed by atoms with Gasteiger partial charge < -0.3 is 35.2 Å². The molecule has 9 nitrogen and oxygen atoms in total. The number of ether oxygens (including phenoxy) is 2. The van der Waals surface area contributed by atoms with Crippen LogP contribution in [0.3, 0.4) is 0 Å². The first-order chi connectivity index (χ1) is 27.3. The molecule has 1 saturated heterocycles. The van der Waals surface area contributed by atoms with E-state index >= 15 is 0 Å². The van der Waals surface area contributed by atoms with Crippen LogP contribution in [0.2, 0.25) is 0 Å². The predicted octanol–water partition coefficient (Wildman–Crippen LogP) is 8.42. The van der Waals surface area contributed by atoms with E-state index < -0.39 is 24.0 Å². The molecule has 2 aromatic heterocycles. The molecule has 1 fully saturated rings. The Hall–Kier alpha value is -3.47. The second-order valence-electron chi connectivity index (χ2n) is 17.0. The number of allylic oxidation sites excluding steroid dienone is 4. The molecule has 0 radical (unpaired) electrons. The summed E-state index contributed by atoms with van der Waals surface area (Å²) in [5.74, 6) is -1.10. The van der Waals surface area contributed by atoms with Gasteiger partial charge in [-0.05, 0) is 95.1 Å². The zero-order valence-electron chi connectivity index (χ0n) is 36.7. The molecule has 0 amide bonds. The van der Waals surface area contributed by atoms with Crippen LogP contribution in [-0.2, 0) is 25.5 Å². The topological polar surface area (TPSA) is 129 Å². The minimum atomic E-state index is -1.14. The summed E-state index contributed by atoms with van der Waals surface area (Å²) in [6.07, 6.45) is 16.7. The quantitative estimate of drug-likeness (QED) is 0.109. The average molecular weight is 801 g/mol. The molecular formula is C48H64MgN4O5-2. The zero-order chi connectivity index (χ0) is 41.1. The smallest absolute Gasteiger partial charge is 0.681 e. The molecular weight excluding hydrogens is 737 g/mol. The van der Waals surface area contributed by atoms with Crippen molar-refractivity contribution < 1.29 is 24.2 Å². The molecule has 6 rings (SSSR count). The summed E-state index contributed by atoms with van der Waals surface area (Å²) in [7, 11) is 1.35. The predicted molar refractivity (Wildman–Crippen MR) is 233 cm³/mol. The largest absolute Gasteiger partial charge is 2.00 e. The van der Waals surface area contributed by atoms with Crippen molar-refractivity contribution in [2.75, 3.05) is 13.7 Å². The summed E-state index contributed by atoms with van der Waals surface area (Å²) in [4.78, 5) is 37.2.